The molecule has 14 heavy (non-hydrogen) atoms. The van der Waals surface area contributed by atoms with Crippen LogP contribution in [-0.2, 0) is 12.8 Å². The fraction of sp³-hybridized carbons (Fsp3) is 0.333. The van der Waals surface area contributed by atoms with E-state index >= 15 is 0 Å². The summed E-state index contributed by atoms with van der Waals surface area (Å²) in [7, 11) is 0. The van der Waals surface area contributed by atoms with Crippen molar-refractivity contribution < 1.29 is 4.92 Å². The molecule has 74 valence electrons. The number of hydrogen-bond acceptors (Lipinski definition) is 2. The predicted octanol–water partition coefficient (Wildman–Crippen LogP) is 2.07. The van der Waals surface area contributed by atoms with Gasteiger partial charge >= 0.3 is 84.5 Å². The Morgan fingerprint density at radius 2 is 2.00 bits per heavy atom. The van der Waals surface area contributed by atoms with E-state index in [4.69, 9.17) is 0 Å². The van der Waals surface area contributed by atoms with E-state index in [0.29, 0.717) is 4.71 Å². The summed E-state index contributed by atoms with van der Waals surface area (Å²) in [5.41, 5.74) is 2.61. The molecule has 0 saturated carbocycles. The van der Waals surface area contributed by atoms with E-state index < -0.39 is 0 Å². The number of nitrogens with zero attached hydrogens (tertiary/aromatic N) is 1. The standard InChI is InChI=1S/C9H8AsNO2.ClH/c10-8-3-6-1-2-9(11(12)13)5-7(6)4-8;/h1-2,5,8H,3-4H2;1H. The average Bonchev–Trinajstić information content (AvgIpc) is 2.42. The molecule has 1 atom stereocenters. The summed E-state index contributed by atoms with van der Waals surface area (Å²) < 4.78 is 0.574. The number of fused-ring (bicyclic) bond motifs is 1. The first kappa shape index (κ1) is 11.5. The Labute approximate surface area is 96.9 Å². The quantitative estimate of drug-likeness (QED) is 0.447. The van der Waals surface area contributed by atoms with Crippen molar-refractivity contribution in [2.75, 3.05) is 0 Å². The minimum absolute atomic E-state index is 0. The van der Waals surface area contributed by atoms with Gasteiger partial charge in [-0.25, -0.2) is 0 Å². The first-order chi connectivity index (χ1) is 6.16. The van der Waals surface area contributed by atoms with Crippen molar-refractivity contribution in [1.82, 2.24) is 0 Å². The van der Waals surface area contributed by atoms with Crippen molar-refractivity contribution in [3.63, 3.8) is 0 Å². The zero-order chi connectivity index (χ0) is 9.42. The van der Waals surface area contributed by atoms with Gasteiger partial charge in [-0.1, -0.05) is 0 Å². The molecule has 0 fully saturated rings. The molecule has 5 heteroatoms. The fourth-order valence-electron chi connectivity index (χ4n) is 1.69. The van der Waals surface area contributed by atoms with Crippen molar-refractivity contribution in [1.29, 1.82) is 0 Å². The van der Waals surface area contributed by atoms with Crippen LogP contribution < -0.4 is 0 Å². The molecule has 0 spiro atoms. The molecule has 1 aromatic carbocycles. The van der Waals surface area contributed by atoms with E-state index in [-0.39, 0.29) is 23.0 Å². The van der Waals surface area contributed by atoms with E-state index in [2.05, 4.69) is 16.9 Å². The number of rotatable bonds is 1. The Kier molecular flexibility index (Phi) is 3.57. The molecule has 1 aromatic rings. The van der Waals surface area contributed by atoms with Crippen LogP contribution in [0.25, 0.3) is 0 Å². The van der Waals surface area contributed by atoms with E-state index in [1.807, 2.05) is 6.07 Å². The summed E-state index contributed by atoms with van der Waals surface area (Å²) in [6.45, 7) is 0. The molecule has 2 radical (unpaired) electrons. The van der Waals surface area contributed by atoms with Gasteiger partial charge in [0.25, 0.3) is 0 Å². The molecular weight excluding hydrogens is 264 g/mol. The molecule has 0 aromatic heterocycles. The molecule has 2 rings (SSSR count). The molecule has 0 bridgehead atoms. The molecule has 0 N–H and O–H groups in total. The van der Waals surface area contributed by atoms with Crippen LogP contribution in [0.3, 0.4) is 0 Å². The fourth-order valence-corrected chi connectivity index (χ4v) is 2.52. The van der Waals surface area contributed by atoms with Gasteiger partial charge < -0.3 is 0 Å². The van der Waals surface area contributed by atoms with Gasteiger partial charge in [0, 0.05) is 0 Å². The summed E-state index contributed by atoms with van der Waals surface area (Å²) in [5.74, 6) is 0. The molecule has 1 aliphatic rings. The molecule has 1 unspecified atom stereocenters. The van der Waals surface area contributed by atoms with Crippen molar-refractivity contribution in [3.8, 4) is 0 Å². The van der Waals surface area contributed by atoms with Crippen LogP contribution in [0.2, 0.25) is 4.71 Å². The third kappa shape index (κ3) is 2.10. The van der Waals surface area contributed by atoms with Crippen molar-refractivity contribution >= 4 is 34.9 Å². The summed E-state index contributed by atoms with van der Waals surface area (Å²) in [6, 6.07) is 5.16. The second-order valence-corrected chi connectivity index (χ2v) is 4.80. The maximum absolute atomic E-state index is 10.5. The Morgan fingerprint density at radius 3 is 2.64 bits per heavy atom. The molecule has 0 amide bonds. The van der Waals surface area contributed by atoms with Gasteiger partial charge in [-0.15, -0.1) is 12.4 Å². The third-order valence-corrected chi connectivity index (χ3v) is 3.08. The normalized spacial score (nSPS) is 18.5. The van der Waals surface area contributed by atoms with E-state index in [0.717, 1.165) is 18.4 Å². The van der Waals surface area contributed by atoms with Crippen LogP contribution in [0.5, 0.6) is 0 Å². The number of benzene rings is 1. The first-order valence-corrected chi connectivity index (χ1v) is 5.19. The van der Waals surface area contributed by atoms with Gasteiger partial charge in [-0.2, -0.15) is 0 Å². The maximum atomic E-state index is 10.5. The van der Waals surface area contributed by atoms with Crippen LogP contribution in [0.15, 0.2) is 18.2 Å². The Hall–Kier alpha value is -0.532. The average molecular weight is 274 g/mol. The van der Waals surface area contributed by atoms with Gasteiger partial charge in [0.1, 0.15) is 0 Å². The van der Waals surface area contributed by atoms with E-state index in [1.165, 1.54) is 5.56 Å². The zero-order valence-corrected chi connectivity index (χ0v) is 10.0. The Morgan fingerprint density at radius 1 is 1.36 bits per heavy atom. The van der Waals surface area contributed by atoms with Gasteiger partial charge in [0.05, 0.1) is 0 Å². The number of nitro benzene ring substituents is 1. The number of hydrogen-bond donors (Lipinski definition) is 0. The minimum atomic E-state index is -0.335. The number of non-ortho nitro benzene ring substituents is 1. The SMILES string of the molecule is Cl.O=[N+]([O-])c1ccc2c(c1)CC([As])C2. The zero-order valence-electron chi connectivity index (χ0n) is 7.34. The van der Waals surface area contributed by atoms with Crippen molar-refractivity contribution in [2.24, 2.45) is 0 Å². The van der Waals surface area contributed by atoms with E-state index in [9.17, 15) is 10.1 Å². The second kappa shape index (κ2) is 4.33. The van der Waals surface area contributed by atoms with Crippen LogP contribution in [0.4, 0.5) is 5.69 Å². The van der Waals surface area contributed by atoms with Gasteiger partial charge in [0.15, 0.2) is 0 Å². The summed E-state index contributed by atoms with van der Waals surface area (Å²) >= 11 is 2.62. The van der Waals surface area contributed by atoms with E-state index in [1.54, 1.807) is 12.1 Å². The molecule has 0 saturated heterocycles. The molecule has 0 aliphatic heterocycles. The Bertz CT molecular complexity index is 370. The van der Waals surface area contributed by atoms with Crippen LogP contribution in [-0.4, -0.2) is 21.8 Å². The monoisotopic (exact) mass is 273 g/mol. The first-order valence-electron chi connectivity index (χ1n) is 4.11. The second-order valence-electron chi connectivity index (χ2n) is 3.27. The summed E-state index contributed by atoms with van der Waals surface area (Å²) in [5, 5.41) is 10.5. The van der Waals surface area contributed by atoms with Crippen LogP contribution in [0.1, 0.15) is 11.1 Å². The third-order valence-electron chi connectivity index (χ3n) is 2.31. The van der Waals surface area contributed by atoms with Crippen molar-refractivity contribution in [2.45, 2.75) is 17.5 Å². The van der Waals surface area contributed by atoms with Crippen LogP contribution in [0, 0.1) is 10.1 Å². The summed E-state index contributed by atoms with van der Waals surface area (Å²) in [4.78, 5) is 10.1. The predicted molar refractivity (Wildman–Crippen MR) is 57.3 cm³/mol. The number of halogens is 1. The summed E-state index contributed by atoms with van der Waals surface area (Å²) in [6.07, 6.45) is 1.99. The van der Waals surface area contributed by atoms with Gasteiger partial charge in [-0.05, 0) is 0 Å². The molecule has 1 aliphatic carbocycles. The molecular formula is C9H9AsClNO2. The molecule has 3 nitrogen and oxygen atoms in total. The number of nitro groups is 1. The van der Waals surface area contributed by atoms with Gasteiger partial charge in [-0.3, -0.25) is 0 Å². The van der Waals surface area contributed by atoms with Gasteiger partial charge in [0.2, 0.25) is 0 Å². The Balaban J connectivity index is 0.000000980. The van der Waals surface area contributed by atoms with Crippen molar-refractivity contribution in [3.05, 3.63) is 39.4 Å². The topological polar surface area (TPSA) is 43.1 Å². The van der Waals surface area contributed by atoms with Crippen LogP contribution >= 0.6 is 12.4 Å². The molecule has 0 heterocycles.